The summed E-state index contributed by atoms with van der Waals surface area (Å²) >= 11 is 0. The van der Waals surface area contributed by atoms with Gasteiger partial charge in [0.1, 0.15) is 11.5 Å². The number of rotatable bonds is 18. The number of benzene rings is 2. The number of esters is 1. The number of hydrogen-bond donors (Lipinski definition) is 0. The van der Waals surface area contributed by atoms with E-state index in [1.165, 1.54) is 70.6 Å². The van der Waals surface area contributed by atoms with E-state index in [2.05, 4.69) is 20.8 Å². The van der Waals surface area contributed by atoms with Gasteiger partial charge in [-0.3, -0.25) is 0 Å². The molecule has 1 atom stereocenters. The van der Waals surface area contributed by atoms with E-state index >= 15 is 0 Å². The molecule has 0 aliphatic carbocycles. The minimum absolute atomic E-state index is 0.359. The van der Waals surface area contributed by atoms with Gasteiger partial charge >= 0.3 is 5.97 Å². The molecule has 1 aliphatic heterocycles. The second-order valence-corrected chi connectivity index (χ2v) is 11.1. The summed E-state index contributed by atoms with van der Waals surface area (Å²) < 4.78 is 23.4. The van der Waals surface area contributed by atoms with Crippen LogP contribution in [0.4, 0.5) is 0 Å². The Bertz CT molecular complexity index is 916. The summed E-state index contributed by atoms with van der Waals surface area (Å²) in [5.41, 5.74) is 1.43. The van der Waals surface area contributed by atoms with Crippen molar-refractivity contribution >= 4 is 5.97 Å². The molecule has 0 aromatic heterocycles. The van der Waals surface area contributed by atoms with Crippen LogP contribution in [0, 0.1) is 11.8 Å². The minimum Gasteiger partial charge on any atom is -0.494 e. The van der Waals surface area contributed by atoms with E-state index in [0.717, 1.165) is 36.9 Å². The zero-order valence-electron chi connectivity index (χ0n) is 24.5. The van der Waals surface area contributed by atoms with Crippen LogP contribution in [-0.2, 0) is 9.47 Å². The van der Waals surface area contributed by atoms with Gasteiger partial charge in [0.25, 0.3) is 0 Å². The van der Waals surface area contributed by atoms with Crippen LogP contribution in [0.1, 0.15) is 120 Å². The number of hydrogen-bond acceptors (Lipinski definition) is 5. The van der Waals surface area contributed by atoms with Crippen LogP contribution in [0.25, 0.3) is 0 Å². The van der Waals surface area contributed by atoms with Gasteiger partial charge in [-0.2, -0.15) is 0 Å². The molecule has 0 N–H and O–H groups in total. The van der Waals surface area contributed by atoms with E-state index in [1.807, 2.05) is 24.3 Å². The monoisotopic (exact) mass is 538 g/mol. The van der Waals surface area contributed by atoms with Gasteiger partial charge in [0, 0.05) is 11.5 Å². The van der Waals surface area contributed by atoms with E-state index in [0.29, 0.717) is 23.8 Å². The molecular formula is C34H50O5. The fourth-order valence-corrected chi connectivity index (χ4v) is 4.84. The highest BCUT2D eigenvalue weighted by Gasteiger charge is 2.23. The van der Waals surface area contributed by atoms with Crippen LogP contribution in [0.2, 0.25) is 0 Å². The zero-order valence-corrected chi connectivity index (χ0v) is 24.5. The molecule has 1 aliphatic rings. The lowest BCUT2D eigenvalue weighted by atomic mass is 10.0. The van der Waals surface area contributed by atoms with Gasteiger partial charge in [0.05, 0.1) is 25.4 Å². The second-order valence-electron chi connectivity index (χ2n) is 11.1. The summed E-state index contributed by atoms with van der Waals surface area (Å²) in [6.07, 6.45) is 14.9. The van der Waals surface area contributed by atoms with Crippen LogP contribution in [0.3, 0.4) is 0 Å². The number of ether oxygens (including phenoxy) is 4. The maximum Gasteiger partial charge on any atom is 0.343 e. The van der Waals surface area contributed by atoms with E-state index in [4.69, 9.17) is 18.9 Å². The maximum absolute atomic E-state index is 12.6. The van der Waals surface area contributed by atoms with E-state index in [9.17, 15) is 4.79 Å². The average molecular weight is 539 g/mol. The molecule has 0 radical (unpaired) electrons. The highest BCUT2D eigenvalue weighted by atomic mass is 16.7. The predicted molar refractivity (Wildman–Crippen MR) is 157 cm³/mol. The van der Waals surface area contributed by atoms with Gasteiger partial charge < -0.3 is 18.9 Å². The van der Waals surface area contributed by atoms with Gasteiger partial charge in [-0.05, 0) is 61.6 Å². The molecule has 0 saturated carbocycles. The SMILES string of the molecule is CCCCCCCCCCC1COC(c2ccc(OC(=O)c3ccc(OCCC[C@@H](C)CC)cc3)cc2)OC1. The molecular weight excluding hydrogens is 488 g/mol. The standard InChI is InChI=1S/C34H50O5/c1-4-6-7-8-9-10-11-12-15-28-25-37-34(38-26-28)30-18-22-32(23-19-30)39-33(35)29-16-20-31(21-17-29)36-24-13-14-27(3)5-2/h16-23,27-28,34H,4-15,24-26H2,1-3H3/t27-,28?,34?/m0/s1. The molecule has 2 aromatic carbocycles. The van der Waals surface area contributed by atoms with Gasteiger partial charge in [-0.25, -0.2) is 4.79 Å². The van der Waals surface area contributed by atoms with Gasteiger partial charge in [-0.15, -0.1) is 0 Å². The Labute approximate surface area is 236 Å². The highest BCUT2D eigenvalue weighted by molar-refractivity contribution is 5.91. The van der Waals surface area contributed by atoms with Crippen LogP contribution in [0.5, 0.6) is 11.5 Å². The van der Waals surface area contributed by atoms with Crippen LogP contribution < -0.4 is 9.47 Å². The largest absolute Gasteiger partial charge is 0.494 e. The van der Waals surface area contributed by atoms with Crippen molar-refractivity contribution in [3.63, 3.8) is 0 Å². The second kappa shape index (κ2) is 18.1. The summed E-state index contributed by atoms with van der Waals surface area (Å²) in [7, 11) is 0. The normalized spacial score (nSPS) is 18.0. The minimum atomic E-state index is -0.389. The van der Waals surface area contributed by atoms with E-state index in [1.54, 1.807) is 24.3 Å². The third kappa shape index (κ3) is 11.7. The van der Waals surface area contributed by atoms with E-state index in [-0.39, 0.29) is 12.3 Å². The molecule has 0 bridgehead atoms. The molecule has 3 rings (SSSR count). The molecule has 216 valence electrons. The Balaban J connectivity index is 1.33. The molecule has 5 nitrogen and oxygen atoms in total. The molecule has 39 heavy (non-hydrogen) atoms. The number of unbranched alkanes of at least 4 members (excludes halogenated alkanes) is 7. The number of carbonyl (C=O) groups excluding carboxylic acids is 1. The summed E-state index contributed by atoms with van der Waals surface area (Å²) in [6, 6.07) is 14.5. The Morgan fingerprint density at radius 3 is 2.08 bits per heavy atom. The topological polar surface area (TPSA) is 54.0 Å². The first-order valence-electron chi connectivity index (χ1n) is 15.4. The van der Waals surface area contributed by atoms with Crippen molar-refractivity contribution in [2.75, 3.05) is 19.8 Å². The maximum atomic E-state index is 12.6. The van der Waals surface area contributed by atoms with Crippen LogP contribution >= 0.6 is 0 Å². The first-order valence-corrected chi connectivity index (χ1v) is 15.4. The van der Waals surface area contributed by atoms with Crippen LogP contribution in [0.15, 0.2) is 48.5 Å². The molecule has 0 unspecified atom stereocenters. The fraction of sp³-hybridized carbons (Fsp3) is 0.618. The van der Waals surface area contributed by atoms with Crippen molar-refractivity contribution in [3.05, 3.63) is 59.7 Å². The predicted octanol–water partition coefficient (Wildman–Crippen LogP) is 9.30. The Morgan fingerprint density at radius 2 is 1.44 bits per heavy atom. The highest BCUT2D eigenvalue weighted by Crippen LogP contribution is 2.29. The van der Waals surface area contributed by atoms with Gasteiger partial charge in [0.15, 0.2) is 6.29 Å². The molecule has 0 amide bonds. The fourth-order valence-electron chi connectivity index (χ4n) is 4.84. The first-order chi connectivity index (χ1) is 19.1. The summed E-state index contributed by atoms with van der Waals surface area (Å²) in [6.45, 7) is 8.89. The lowest BCUT2D eigenvalue weighted by Crippen LogP contribution is -2.27. The summed E-state index contributed by atoms with van der Waals surface area (Å²) in [4.78, 5) is 12.6. The van der Waals surface area contributed by atoms with Gasteiger partial charge in [0.2, 0.25) is 0 Å². The van der Waals surface area contributed by atoms with Crippen molar-refractivity contribution in [2.45, 2.75) is 104 Å². The molecule has 1 heterocycles. The smallest absolute Gasteiger partial charge is 0.343 e. The molecule has 1 fully saturated rings. The van der Waals surface area contributed by atoms with Crippen molar-refractivity contribution in [1.82, 2.24) is 0 Å². The Morgan fingerprint density at radius 1 is 0.821 bits per heavy atom. The lowest BCUT2D eigenvalue weighted by molar-refractivity contribution is -0.206. The van der Waals surface area contributed by atoms with Gasteiger partial charge in [-0.1, -0.05) is 90.7 Å². The Kier molecular flexibility index (Phi) is 14.4. The molecule has 5 heteroatoms. The Hall–Kier alpha value is -2.37. The molecule has 1 saturated heterocycles. The quantitative estimate of drug-likeness (QED) is 0.107. The molecule has 2 aromatic rings. The van der Waals surface area contributed by atoms with Crippen molar-refractivity contribution < 1.29 is 23.7 Å². The summed E-state index contributed by atoms with van der Waals surface area (Å²) in [5.74, 6) is 2.08. The number of carbonyl (C=O) groups is 1. The van der Waals surface area contributed by atoms with Crippen LogP contribution in [-0.4, -0.2) is 25.8 Å². The first kappa shape index (κ1) is 31.2. The van der Waals surface area contributed by atoms with E-state index < -0.39 is 0 Å². The van der Waals surface area contributed by atoms with Crippen molar-refractivity contribution in [3.8, 4) is 11.5 Å². The third-order valence-corrected chi connectivity index (χ3v) is 7.69. The lowest BCUT2D eigenvalue weighted by Gasteiger charge is -2.29. The average Bonchev–Trinajstić information content (AvgIpc) is 2.97. The third-order valence-electron chi connectivity index (χ3n) is 7.69. The van der Waals surface area contributed by atoms with Crippen molar-refractivity contribution in [1.29, 1.82) is 0 Å². The molecule has 0 spiro atoms. The van der Waals surface area contributed by atoms with Crippen molar-refractivity contribution in [2.24, 2.45) is 11.8 Å². The summed E-state index contributed by atoms with van der Waals surface area (Å²) in [5, 5.41) is 0. The zero-order chi connectivity index (χ0) is 27.7.